The number of aromatic nitrogens is 2. The average molecular weight is 537 g/mol. The van der Waals surface area contributed by atoms with Crippen molar-refractivity contribution in [2.24, 2.45) is 0 Å². The van der Waals surface area contributed by atoms with Crippen molar-refractivity contribution in [2.45, 2.75) is 53.0 Å². The minimum absolute atomic E-state index is 0.195. The van der Waals surface area contributed by atoms with Crippen molar-refractivity contribution in [1.82, 2.24) is 9.55 Å². The standard InChI is InChI=1S/C33H32N2O5/c1-4-14-35-20(2)15-26(21(35)3)28(36)18-38-33(37)31-24-9-5-6-11-27(24)34-32-23(8-7-10-25(31)32)16-22-12-13-29-30(17-22)40-19-39-29/h5-6,9,11-13,15-17H,4,7-8,10,14,18-19H2,1-3H3/b23-16+. The number of Topliss-reactive ketones (excluding diaryl/α,β-unsaturated/α-hetero) is 1. The van der Waals surface area contributed by atoms with Gasteiger partial charge in [0.05, 0.1) is 16.8 Å². The van der Waals surface area contributed by atoms with E-state index in [1.165, 1.54) is 0 Å². The molecule has 0 saturated heterocycles. The summed E-state index contributed by atoms with van der Waals surface area (Å²) in [5.74, 6) is 0.776. The van der Waals surface area contributed by atoms with Crippen LogP contribution >= 0.6 is 0 Å². The van der Waals surface area contributed by atoms with Gasteiger partial charge in [-0.3, -0.25) is 4.79 Å². The first-order chi connectivity index (χ1) is 19.4. The molecule has 0 fully saturated rings. The van der Waals surface area contributed by atoms with E-state index in [1.807, 2.05) is 62.4 Å². The van der Waals surface area contributed by atoms with Gasteiger partial charge in [-0.15, -0.1) is 0 Å². The van der Waals surface area contributed by atoms with Gasteiger partial charge in [0.15, 0.2) is 18.1 Å². The molecular formula is C33H32N2O5. The number of hydrogen-bond donors (Lipinski definition) is 0. The van der Waals surface area contributed by atoms with Crippen LogP contribution in [0, 0.1) is 13.8 Å². The van der Waals surface area contributed by atoms with Crippen LogP contribution in [0.5, 0.6) is 11.5 Å². The molecule has 204 valence electrons. The Balaban J connectivity index is 1.33. The Hall–Kier alpha value is -4.39. The van der Waals surface area contributed by atoms with E-state index in [0.29, 0.717) is 17.5 Å². The lowest BCUT2D eigenvalue weighted by Crippen LogP contribution is -2.19. The largest absolute Gasteiger partial charge is 0.454 e. The van der Waals surface area contributed by atoms with Crippen molar-refractivity contribution in [3.63, 3.8) is 0 Å². The molecule has 4 aromatic rings. The van der Waals surface area contributed by atoms with E-state index in [4.69, 9.17) is 19.2 Å². The molecule has 2 aromatic carbocycles. The van der Waals surface area contributed by atoms with Gasteiger partial charge in [0.25, 0.3) is 0 Å². The number of fused-ring (bicyclic) bond motifs is 3. The zero-order valence-corrected chi connectivity index (χ0v) is 23.1. The summed E-state index contributed by atoms with van der Waals surface area (Å²) >= 11 is 0. The van der Waals surface area contributed by atoms with Crippen LogP contribution in [-0.2, 0) is 17.7 Å². The molecule has 3 heterocycles. The summed E-state index contributed by atoms with van der Waals surface area (Å²) in [5, 5.41) is 0.740. The molecule has 7 nitrogen and oxygen atoms in total. The van der Waals surface area contributed by atoms with Gasteiger partial charge >= 0.3 is 5.97 Å². The highest BCUT2D eigenvalue weighted by molar-refractivity contribution is 6.08. The number of hydrogen-bond acceptors (Lipinski definition) is 6. The number of allylic oxidation sites excluding steroid dienone is 1. The van der Waals surface area contributed by atoms with Gasteiger partial charge in [0.1, 0.15) is 0 Å². The third-order valence-electron chi connectivity index (χ3n) is 7.77. The van der Waals surface area contributed by atoms with Crippen molar-refractivity contribution >= 4 is 34.3 Å². The van der Waals surface area contributed by atoms with Gasteiger partial charge in [0, 0.05) is 28.9 Å². The van der Waals surface area contributed by atoms with Crippen molar-refractivity contribution < 1.29 is 23.8 Å². The molecule has 0 unspecified atom stereocenters. The summed E-state index contributed by atoms with van der Waals surface area (Å²) in [4.78, 5) is 31.8. The summed E-state index contributed by atoms with van der Waals surface area (Å²) in [6.45, 7) is 6.82. The van der Waals surface area contributed by atoms with E-state index in [-0.39, 0.29) is 19.2 Å². The van der Waals surface area contributed by atoms with Crippen molar-refractivity contribution in [3.8, 4) is 11.5 Å². The fraction of sp³-hybridized carbons (Fsp3) is 0.303. The van der Waals surface area contributed by atoms with Gasteiger partial charge in [-0.05, 0) is 86.6 Å². The summed E-state index contributed by atoms with van der Waals surface area (Å²) in [6.07, 6.45) is 5.51. The first kappa shape index (κ1) is 25.9. The number of ketones is 1. The monoisotopic (exact) mass is 536 g/mol. The fourth-order valence-electron chi connectivity index (χ4n) is 5.84. The summed E-state index contributed by atoms with van der Waals surface area (Å²) < 4.78 is 18.9. The average Bonchev–Trinajstić information content (AvgIpc) is 3.54. The Kier molecular flexibility index (Phi) is 6.88. The van der Waals surface area contributed by atoms with Crippen LogP contribution in [0.15, 0.2) is 48.5 Å². The zero-order chi connectivity index (χ0) is 27.8. The zero-order valence-electron chi connectivity index (χ0n) is 23.1. The highest BCUT2D eigenvalue weighted by Gasteiger charge is 2.27. The van der Waals surface area contributed by atoms with Crippen LogP contribution in [0.1, 0.15) is 75.1 Å². The number of ether oxygens (including phenoxy) is 3. The molecule has 1 aliphatic heterocycles. The van der Waals surface area contributed by atoms with Gasteiger partial charge in [-0.25, -0.2) is 9.78 Å². The minimum atomic E-state index is -0.491. The molecule has 0 N–H and O–H groups in total. The van der Waals surface area contributed by atoms with Gasteiger partial charge < -0.3 is 18.8 Å². The predicted molar refractivity (Wildman–Crippen MR) is 154 cm³/mol. The molecular weight excluding hydrogens is 504 g/mol. The topological polar surface area (TPSA) is 79.7 Å². The Bertz CT molecular complexity index is 1680. The second kappa shape index (κ2) is 10.6. The van der Waals surface area contributed by atoms with Gasteiger partial charge in [-0.2, -0.15) is 0 Å². The summed E-state index contributed by atoms with van der Waals surface area (Å²) in [7, 11) is 0. The van der Waals surface area contributed by atoms with E-state index >= 15 is 0 Å². The van der Waals surface area contributed by atoms with Crippen molar-refractivity contribution in [1.29, 1.82) is 0 Å². The van der Waals surface area contributed by atoms with E-state index in [2.05, 4.69) is 17.6 Å². The Morgan fingerprint density at radius 1 is 1.05 bits per heavy atom. The van der Waals surface area contributed by atoms with Gasteiger partial charge in [-0.1, -0.05) is 31.2 Å². The van der Waals surface area contributed by atoms with Crippen molar-refractivity contribution in [2.75, 3.05) is 13.4 Å². The smallest absolute Gasteiger partial charge is 0.339 e. The molecule has 1 aliphatic carbocycles. The van der Waals surface area contributed by atoms with Crippen LogP contribution in [-0.4, -0.2) is 34.7 Å². The highest BCUT2D eigenvalue weighted by Crippen LogP contribution is 2.38. The highest BCUT2D eigenvalue weighted by atomic mass is 16.7. The van der Waals surface area contributed by atoms with Crippen LogP contribution < -0.4 is 9.47 Å². The molecule has 2 aromatic heterocycles. The number of para-hydroxylation sites is 1. The maximum Gasteiger partial charge on any atom is 0.339 e. The Labute approximate surface area is 233 Å². The van der Waals surface area contributed by atoms with Crippen LogP contribution in [0.25, 0.3) is 22.6 Å². The lowest BCUT2D eigenvalue weighted by molar-refractivity contribution is 0.0475. The third-order valence-corrected chi connectivity index (χ3v) is 7.77. The maximum atomic E-state index is 13.7. The van der Waals surface area contributed by atoms with Crippen molar-refractivity contribution in [3.05, 3.63) is 87.9 Å². The molecule has 2 aliphatic rings. The molecule has 0 radical (unpaired) electrons. The van der Waals surface area contributed by atoms with Crippen LogP contribution in [0.2, 0.25) is 0 Å². The normalized spacial score (nSPS) is 14.9. The number of pyridine rings is 1. The molecule has 7 heteroatoms. The Morgan fingerprint density at radius 2 is 1.88 bits per heavy atom. The number of carbonyl (C=O) groups is 2. The number of benzene rings is 2. The SMILES string of the molecule is CCCn1c(C)cc(C(=O)COC(=O)c2c3c(nc4ccccc24)/C(=C/c2ccc4c(c2)OCO4)CCC3)c1C. The second-order valence-corrected chi connectivity index (χ2v) is 10.4. The molecule has 6 rings (SSSR count). The van der Waals surface area contributed by atoms with E-state index < -0.39 is 5.97 Å². The van der Waals surface area contributed by atoms with E-state index in [1.54, 1.807) is 0 Å². The quantitative estimate of drug-likeness (QED) is 0.193. The number of esters is 1. The lowest BCUT2D eigenvalue weighted by Gasteiger charge is -2.22. The predicted octanol–water partition coefficient (Wildman–Crippen LogP) is 6.71. The number of rotatable bonds is 7. The van der Waals surface area contributed by atoms with Crippen LogP contribution in [0.4, 0.5) is 0 Å². The fourth-order valence-corrected chi connectivity index (χ4v) is 5.84. The number of aryl methyl sites for hydroxylation is 1. The second-order valence-electron chi connectivity index (χ2n) is 10.4. The van der Waals surface area contributed by atoms with E-state index in [0.717, 1.165) is 82.0 Å². The first-order valence-electron chi connectivity index (χ1n) is 13.8. The number of carbonyl (C=O) groups excluding carboxylic acids is 2. The molecule has 0 spiro atoms. The minimum Gasteiger partial charge on any atom is -0.454 e. The third kappa shape index (κ3) is 4.66. The Morgan fingerprint density at radius 3 is 2.73 bits per heavy atom. The summed E-state index contributed by atoms with van der Waals surface area (Å²) in [6, 6.07) is 15.4. The van der Waals surface area contributed by atoms with Gasteiger partial charge in [0.2, 0.25) is 12.6 Å². The first-order valence-corrected chi connectivity index (χ1v) is 13.8. The maximum absolute atomic E-state index is 13.7. The number of nitrogens with zero attached hydrogens (tertiary/aromatic N) is 2. The van der Waals surface area contributed by atoms with E-state index in [9.17, 15) is 9.59 Å². The lowest BCUT2D eigenvalue weighted by atomic mass is 9.86. The molecule has 0 bridgehead atoms. The molecule has 0 atom stereocenters. The van der Waals surface area contributed by atoms with Crippen LogP contribution in [0.3, 0.4) is 0 Å². The molecule has 40 heavy (non-hydrogen) atoms. The molecule has 0 amide bonds. The molecule has 0 saturated carbocycles. The summed E-state index contributed by atoms with van der Waals surface area (Å²) in [5.41, 5.74) is 7.49.